The van der Waals surface area contributed by atoms with Crippen LogP contribution in [0.3, 0.4) is 0 Å². The van der Waals surface area contributed by atoms with Crippen LogP contribution in [0.25, 0.3) is 0 Å². The molecule has 3 N–H and O–H groups in total. The van der Waals surface area contributed by atoms with E-state index in [4.69, 9.17) is 4.74 Å². The van der Waals surface area contributed by atoms with E-state index in [1.807, 2.05) is 13.8 Å². The van der Waals surface area contributed by atoms with E-state index >= 15 is 0 Å². The molecule has 0 radical (unpaired) electrons. The maximum Gasteiger partial charge on any atom is 0.408 e. The first-order valence-corrected chi connectivity index (χ1v) is 12.3. The Morgan fingerprint density at radius 1 is 1.03 bits per heavy atom. The summed E-state index contributed by atoms with van der Waals surface area (Å²) in [5.41, 5.74) is -0.362. The molecule has 0 aliphatic carbocycles. The minimum atomic E-state index is -1.03. The second-order valence-corrected chi connectivity index (χ2v) is 9.77. The molecule has 3 amide bonds. The van der Waals surface area contributed by atoms with Crippen LogP contribution in [0.15, 0.2) is 24.3 Å². The summed E-state index contributed by atoms with van der Waals surface area (Å²) >= 11 is 0. The topological polar surface area (TPSA) is 108 Å². The number of ether oxygens (including phenoxy) is 1. The van der Waals surface area contributed by atoms with Gasteiger partial charge in [0.1, 0.15) is 23.4 Å². The number of phenolic OH excluding ortho intramolecular Hbond substituents is 1. The number of nitrogens with one attached hydrogen (secondary N) is 2. The third kappa shape index (κ3) is 9.61. The molecule has 192 valence electrons. The first-order chi connectivity index (χ1) is 15.9. The average Bonchev–Trinajstić information content (AvgIpc) is 2.72. The highest BCUT2D eigenvalue weighted by Crippen LogP contribution is 2.30. The Kier molecular flexibility index (Phi) is 11.9. The van der Waals surface area contributed by atoms with Gasteiger partial charge in [-0.3, -0.25) is 9.59 Å². The number of carbonyl (C=O) groups is 3. The monoisotopic (exact) mass is 477 g/mol. The van der Waals surface area contributed by atoms with Crippen molar-refractivity contribution in [2.24, 2.45) is 0 Å². The van der Waals surface area contributed by atoms with E-state index in [2.05, 4.69) is 17.6 Å². The Balaban J connectivity index is 3.32. The molecule has 8 nitrogen and oxygen atoms in total. The van der Waals surface area contributed by atoms with Crippen LogP contribution < -0.4 is 10.6 Å². The fourth-order valence-corrected chi connectivity index (χ4v) is 3.69. The highest BCUT2D eigenvalue weighted by molar-refractivity contribution is 5.92. The molecule has 0 aliphatic heterocycles. The minimum absolute atomic E-state index is 0.0631. The molecule has 0 aromatic heterocycles. The maximum atomic E-state index is 13.6. The van der Waals surface area contributed by atoms with Crippen molar-refractivity contribution < 1.29 is 24.2 Å². The van der Waals surface area contributed by atoms with Gasteiger partial charge >= 0.3 is 6.09 Å². The number of amides is 3. The number of benzene rings is 1. The van der Waals surface area contributed by atoms with Gasteiger partial charge in [0, 0.05) is 18.2 Å². The Labute approximate surface area is 204 Å². The average molecular weight is 478 g/mol. The summed E-state index contributed by atoms with van der Waals surface area (Å²) in [4.78, 5) is 40.8. The smallest absolute Gasteiger partial charge is 0.408 e. The molecule has 1 aromatic carbocycles. The Bertz CT molecular complexity index is 806. The molecule has 1 aromatic rings. The highest BCUT2D eigenvalue weighted by atomic mass is 16.6. The maximum absolute atomic E-state index is 13.6. The van der Waals surface area contributed by atoms with Gasteiger partial charge in [-0.05, 0) is 53.5 Å². The van der Waals surface area contributed by atoms with Crippen LogP contribution in [-0.4, -0.2) is 52.1 Å². The van der Waals surface area contributed by atoms with E-state index in [-0.39, 0.29) is 17.7 Å². The lowest BCUT2D eigenvalue weighted by molar-refractivity contribution is -0.142. The van der Waals surface area contributed by atoms with Gasteiger partial charge in [-0.25, -0.2) is 4.79 Å². The number of hydrogen-bond acceptors (Lipinski definition) is 5. The molecule has 0 aliphatic rings. The molecule has 0 bridgehead atoms. The number of nitrogens with zero attached hydrogens (tertiary/aromatic N) is 1. The fourth-order valence-electron chi connectivity index (χ4n) is 3.69. The standard InChI is InChI=1S/C26H43N3O5/c1-8-10-13-17-29(24(32)19(4)28-25(33)34-26(5,6)7)22(20-15-11-12-16-21(20)30)23(31)27-18(3)14-9-2/h11-12,15-16,18-19,22,30H,8-10,13-14,17H2,1-7H3,(H,27,31)(H,28,33). The van der Waals surface area contributed by atoms with Crippen molar-refractivity contribution in [3.8, 4) is 5.75 Å². The zero-order valence-electron chi connectivity index (χ0n) is 21.8. The summed E-state index contributed by atoms with van der Waals surface area (Å²) in [7, 11) is 0. The van der Waals surface area contributed by atoms with Gasteiger partial charge in [-0.2, -0.15) is 0 Å². The molecule has 3 atom stereocenters. The van der Waals surface area contributed by atoms with Crippen LogP contribution >= 0.6 is 0 Å². The number of alkyl carbamates (subject to hydrolysis) is 1. The molecule has 34 heavy (non-hydrogen) atoms. The molecule has 8 heteroatoms. The number of aromatic hydroxyl groups is 1. The Morgan fingerprint density at radius 3 is 2.24 bits per heavy atom. The van der Waals surface area contributed by atoms with E-state index in [0.29, 0.717) is 18.5 Å². The first-order valence-electron chi connectivity index (χ1n) is 12.3. The van der Waals surface area contributed by atoms with Crippen LogP contribution in [0.2, 0.25) is 0 Å². The van der Waals surface area contributed by atoms with Crippen molar-refractivity contribution in [2.75, 3.05) is 6.54 Å². The second kappa shape index (κ2) is 13.8. The summed E-state index contributed by atoms with van der Waals surface area (Å²) in [6.45, 7) is 13.1. The number of para-hydroxylation sites is 1. The molecule has 3 unspecified atom stereocenters. The summed E-state index contributed by atoms with van der Waals surface area (Å²) in [5, 5.41) is 16.1. The van der Waals surface area contributed by atoms with E-state index < -0.39 is 29.7 Å². The van der Waals surface area contributed by atoms with E-state index in [1.54, 1.807) is 45.9 Å². The predicted molar refractivity (Wildman–Crippen MR) is 133 cm³/mol. The van der Waals surface area contributed by atoms with E-state index in [0.717, 1.165) is 25.7 Å². The SMILES string of the molecule is CCCCCN(C(=O)C(C)NC(=O)OC(C)(C)C)C(C(=O)NC(C)CCC)c1ccccc1O. The molecule has 0 saturated carbocycles. The van der Waals surface area contributed by atoms with Gasteiger partial charge in [0.25, 0.3) is 0 Å². The molecule has 1 rings (SSSR count). The third-order valence-corrected chi connectivity index (χ3v) is 5.29. The Morgan fingerprint density at radius 2 is 1.68 bits per heavy atom. The van der Waals surface area contributed by atoms with Crippen molar-refractivity contribution >= 4 is 17.9 Å². The van der Waals surface area contributed by atoms with Crippen LogP contribution in [0.4, 0.5) is 4.79 Å². The van der Waals surface area contributed by atoms with Crippen molar-refractivity contribution in [1.29, 1.82) is 0 Å². The lowest BCUT2D eigenvalue weighted by atomic mass is 10.0. The van der Waals surface area contributed by atoms with Crippen molar-refractivity contribution in [3.05, 3.63) is 29.8 Å². The predicted octanol–water partition coefficient (Wildman–Crippen LogP) is 4.67. The van der Waals surface area contributed by atoms with E-state index in [9.17, 15) is 19.5 Å². The highest BCUT2D eigenvalue weighted by Gasteiger charge is 2.36. The number of hydrogen-bond donors (Lipinski definition) is 3. The zero-order valence-corrected chi connectivity index (χ0v) is 21.8. The molecule has 0 fully saturated rings. The van der Waals surface area contributed by atoms with Gasteiger partial charge in [0.05, 0.1) is 0 Å². The number of phenols is 1. The third-order valence-electron chi connectivity index (χ3n) is 5.29. The normalized spacial score (nSPS) is 14.0. The molecule has 0 saturated heterocycles. The largest absolute Gasteiger partial charge is 0.508 e. The van der Waals surface area contributed by atoms with Gasteiger partial charge in [0.15, 0.2) is 0 Å². The zero-order chi connectivity index (χ0) is 25.9. The van der Waals surface area contributed by atoms with Gasteiger partial charge < -0.3 is 25.4 Å². The molecular formula is C26H43N3O5. The van der Waals surface area contributed by atoms with Crippen LogP contribution in [-0.2, 0) is 14.3 Å². The number of carbonyl (C=O) groups excluding carboxylic acids is 3. The molecule has 0 heterocycles. The fraction of sp³-hybridized carbons (Fsp3) is 0.654. The van der Waals surface area contributed by atoms with E-state index in [1.165, 1.54) is 11.0 Å². The van der Waals surface area contributed by atoms with Crippen molar-refractivity contribution in [1.82, 2.24) is 15.5 Å². The summed E-state index contributed by atoms with van der Waals surface area (Å²) in [6, 6.07) is 4.50. The lowest BCUT2D eigenvalue weighted by Crippen LogP contribution is -2.52. The minimum Gasteiger partial charge on any atom is -0.508 e. The summed E-state index contributed by atoms with van der Waals surface area (Å²) in [5.74, 6) is -0.850. The van der Waals surface area contributed by atoms with Gasteiger partial charge in [-0.15, -0.1) is 0 Å². The van der Waals surface area contributed by atoms with Crippen molar-refractivity contribution in [3.63, 3.8) is 0 Å². The Hall–Kier alpha value is -2.77. The van der Waals surface area contributed by atoms with Crippen molar-refractivity contribution in [2.45, 2.75) is 104 Å². The van der Waals surface area contributed by atoms with Gasteiger partial charge in [0.2, 0.25) is 11.8 Å². The molecular weight excluding hydrogens is 434 g/mol. The lowest BCUT2D eigenvalue weighted by Gasteiger charge is -2.34. The summed E-state index contributed by atoms with van der Waals surface area (Å²) < 4.78 is 5.29. The van der Waals surface area contributed by atoms with Gasteiger partial charge in [-0.1, -0.05) is 51.3 Å². The van der Waals surface area contributed by atoms with Crippen LogP contribution in [0, 0.1) is 0 Å². The van der Waals surface area contributed by atoms with Crippen LogP contribution in [0.1, 0.15) is 92.2 Å². The first kappa shape index (κ1) is 29.3. The number of rotatable bonds is 12. The quantitative estimate of drug-likeness (QED) is 0.379. The number of unbranched alkanes of at least 4 members (excludes halogenated alkanes) is 2. The van der Waals surface area contributed by atoms with Crippen LogP contribution in [0.5, 0.6) is 5.75 Å². The molecule has 0 spiro atoms. The second-order valence-electron chi connectivity index (χ2n) is 9.77. The summed E-state index contributed by atoms with van der Waals surface area (Å²) in [6.07, 6.45) is 3.48.